The predicted octanol–water partition coefficient (Wildman–Crippen LogP) is 1.80. The normalized spacial score (nSPS) is 24.3. The van der Waals surface area contributed by atoms with Crippen LogP contribution in [-0.4, -0.2) is 49.8 Å². The molecule has 2 aliphatic rings. The standard InChI is InChI=1S/C14H26N2O/c1-13(2)11-17-10-9-16-8-7-15-14(12-16)5-3-4-6-14/h15H,1,3-12H2,2H3. The molecule has 0 aromatic rings. The molecule has 1 N–H and O–H groups in total. The second kappa shape index (κ2) is 5.98. The van der Waals surface area contributed by atoms with E-state index in [0.29, 0.717) is 12.1 Å². The molecule has 1 saturated heterocycles. The van der Waals surface area contributed by atoms with Crippen LogP contribution in [0.5, 0.6) is 0 Å². The summed E-state index contributed by atoms with van der Waals surface area (Å²) in [6.07, 6.45) is 5.51. The highest BCUT2D eigenvalue weighted by Crippen LogP contribution is 2.31. The van der Waals surface area contributed by atoms with Crippen molar-refractivity contribution in [1.29, 1.82) is 0 Å². The first-order valence-corrected chi connectivity index (χ1v) is 6.90. The van der Waals surface area contributed by atoms with Gasteiger partial charge in [0.05, 0.1) is 13.2 Å². The summed E-state index contributed by atoms with van der Waals surface area (Å²) in [7, 11) is 0. The van der Waals surface area contributed by atoms with Gasteiger partial charge in [-0.1, -0.05) is 25.0 Å². The molecular formula is C14H26N2O. The zero-order valence-corrected chi connectivity index (χ0v) is 11.1. The van der Waals surface area contributed by atoms with E-state index >= 15 is 0 Å². The van der Waals surface area contributed by atoms with E-state index in [2.05, 4.69) is 16.8 Å². The van der Waals surface area contributed by atoms with Crippen molar-refractivity contribution in [2.24, 2.45) is 0 Å². The highest BCUT2D eigenvalue weighted by Gasteiger charge is 2.37. The Bertz CT molecular complexity index is 259. The molecule has 0 radical (unpaired) electrons. The lowest BCUT2D eigenvalue weighted by Crippen LogP contribution is -2.59. The van der Waals surface area contributed by atoms with Crippen molar-refractivity contribution < 1.29 is 4.74 Å². The monoisotopic (exact) mass is 238 g/mol. The molecule has 1 spiro atoms. The maximum absolute atomic E-state index is 5.59. The second-order valence-corrected chi connectivity index (χ2v) is 5.70. The van der Waals surface area contributed by atoms with Crippen LogP contribution in [0, 0.1) is 0 Å². The highest BCUT2D eigenvalue weighted by atomic mass is 16.5. The van der Waals surface area contributed by atoms with Crippen LogP contribution < -0.4 is 5.32 Å². The summed E-state index contributed by atoms with van der Waals surface area (Å²) in [6, 6.07) is 0. The third-order valence-electron chi connectivity index (χ3n) is 3.92. The van der Waals surface area contributed by atoms with E-state index in [0.717, 1.165) is 31.8 Å². The van der Waals surface area contributed by atoms with Crippen LogP contribution in [0.3, 0.4) is 0 Å². The first kappa shape index (κ1) is 13.1. The fraction of sp³-hybridized carbons (Fsp3) is 0.857. The van der Waals surface area contributed by atoms with Gasteiger partial charge in [-0.3, -0.25) is 4.90 Å². The number of nitrogens with zero attached hydrogens (tertiary/aromatic N) is 1. The molecule has 1 aliphatic heterocycles. The Morgan fingerprint density at radius 3 is 2.88 bits per heavy atom. The predicted molar refractivity (Wildman–Crippen MR) is 71.3 cm³/mol. The van der Waals surface area contributed by atoms with Gasteiger partial charge in [0.25, 0.3) is 0 Å². The van der Waals surface area contributed by atoms with E-state index in [-0.39, 0.29) is 0 Å². The molecule has 0 aromatic heterocycles. The molecule has 0 aromatic carbocycles. The van der Waals surface area contributed by atoms with Gasteiger partial charge in [0, 0.05) is 31.7 Å². The lowest BCUT2D eigenvalue weighted by Gasteiger charge is -2.41. The third-order valence-corrected chi connectivity index (χ3v) is 3.92. The molecule has 2 fully saturated rings. The van der Waals surface area contributed by atoms with Crippen LogP contribution in [0.1, 0.15) is 32.6 Å². The minimum atomic E-state index is 0.437. The van der Waals surface area contributed by atoms with Crippen molar-refractivity contribution in [3.63, 3.8) is 0 Å². The minimum absolute atomic E-state index is 0.437. The van der Waals surface area contributed by atoms with Crippen molar-refractivity contribution in [3.8, 4) is 0 Å². The van der Waals surface area contributed by atoms with Gasteiger partial charge in [0.1, 0.15) is 0 Å². The molecule has 2 rings (SSSR count). The zero-order valence-electron chi connectivity index (χ0n) is 11.1. The summed E-state index contributed by atoms with van der Waals surface area (Å²) in [5, 5.41) is 3.74. The van der Waals surface area contributed by atoms with Crippen molar-refractivity contribution in [1.82, 2.24) is 10.2 Å². The summed E-state index contributed by atoms with van der Waals surface area (Å²) >= 11 is 0. The fourth-order valence-electron chi connectivity index (χ4n) is 3.06. The largest absolute Gasteiger partial charge is 0.376 e. The number of piperazine rings is 1. The number of nitrogens with one attached hydrogen (secondary N) is 1. The van der Waals surface area contributed by atoms with Crippen molar-refractivity contribution in [3.05, 3.63) is 12.2 Å². The summed E-state index contributed by atoms with van der Waals surface area (Å²) in [5.41, 5.74) is 1.55. The molecule has 0 amide bonds. The SMILES string of the molecule is C=C(C)COCCN1CCNC2(CCCC2)C1. The third kappa shape index (κ3) is 3.80. The Hall–Kier alpha value is -0.380. The lowest BCUT2D eigenvalue weighted by atomic mass is 9.94. The summed E-state index contributed by atoms with van der Waals surface area (Å²) in [4.78, 5) is 2.56. The first-order chi connectivity index (χ1) is 8.20. The fourth-order valence-corrected chi connectivity index (χ4v) is 3.06. The topological polar surface area (TPSA) is 24.5 Å². The van der Waals surface area contributed by atoms with E-state index in [1.54, 1.807) is 0 Å². The van der Waals surface area contributed by atoms with Crippen molar-refractivity contribution >= 4 is 0 Å². The number of hydrogen-bond acceptors (Lipinski definition) is 3. The molecule has 3 nitrogen and oxygen atoms in total. The van der Waals surface area contributed by atoms with E-state index in [1.165, 1.54) is 32.2 Å². The average molecular weight is 238 g/mol. The Kier molecular flexibility index (Phi) is 4.60. The molecule has 98 valence electrons. The average Bonchev–Trinajstić information content (AvgIpc) is 2.73. The van der Waals surface area contributed by atoms with Gasteiger partial charge in [-0.2, -0.15) is 0 Å². The van der Waals surface area contributed by atoms with Crippen LogP contribution in [0.25, 0.3) is 0 Å². The van der Waals surface area contributed by atoms with Gasteiger partial charge >= 0.3 is 0 Å². The maximum atomic E-state index is 5.59. The van der Waals surface area contributed by atoms with Crippen LogP contribution in [0.15, 0.2) is 12.2 Å². The summed E-state index contributed by atoms with van der Waals surface area (Å²) in [5.74, 6) is 0. The highest BCUT2D eigenvalue weighted by molar-refractivity contribution is 4.98. The van der Waals surface area contributed by atoms with Gasteiger partial charge in [0.2, 0.25) is 0 Å². The zero-order chi connectivity index (χ0) is 12.1. The maximum Gasteiger partial charge on any atom is 0.0672 e. The first-order valence-electron chi connectivity index (χ1n) is 6.90. The number of hydrogen-bond donors (Lipinski definition) is 1. The van der Waals surface area contributed by atoms with E-state index in [4.69, 9.17) is 4.74 Å². The second-order valence-electron chi connectivity index (χ2n) is 5.70. The van der Waals surface area contributed by atoms with Crippen LogP contribution in [0.4, 0.5) is 0 Å². The Morgan fingerprint density at radius 1 is 1.41 bits per heavy atom. The smallest absolute Gasteiger partial charge is 0.0672 e. The van der Waals surface area contributed by atoms with Crippen LogP contribution in [-0.2, 0) is 4.74 Å². The molecule has 0 unspecified atom stereocenters. The van der Waals surface area contributed by atoms with E-state index < -0.39 is 0 Å². The van der Waals surface area contributed by atoms with Crippen molar-refractivity contribution in [2.75, 3.05) is 39.4 Å². The quantitative estimate of drug-likeness (QED) is 0.584. The van der Waals surface area contributed by atoms with E-state index in [9.17, 15) is 0 Å². The molecular weight excluding hydrogens is 212 g/mol. The summed E-state index contributed by atoms with van der Waals surface area (Å²) < 4.78 is 5.59. The Balaban J connectivity index is 1.68. The van der Waals surface area contributed by atoms with Gasteiger partial charge in [-0.25, -0.2) is 0 Å². The number of rotatable bonds is 5. The molecule has 17 heavy (non-hydrogen) atoms. The van der Waals surface area contributed by atoms with Gasteiger partial charge in [-0.15, -0.1) is 0 Å². The van der Waals surface area contributed by atoms with Gasteiger partial charge < -0.3 is 10.1 Å². The number of ether oxygens (including phenoxy) is 1. The van der Waals surface area contributed by atoms with Crippen LogP contribution >= 0.6 is 0 Å². The van der Waals surface area contributed by atoms with Gasteiger partial charge in [-0.05, 0) is 19.8 Å². The molecule has 3 heteroatoms. The molecule has 1 saturated carbocycles. The molecule has 0 atom stereocenters. The molecule has 0 bridgehead atoms. The Labute approximate surface area is 105 Å². The molecule has 1 aliphatic carbocycles. The van der Waals surface area contributed by atoms with Gasteiger partial charge in [0.15, 0.2) is 0 Å². The van der Waals surface area contributed by atoms with Crippen LogP contribution in [0.2, 0.25) is 0 Å². The summed E-state index contributed by atoms with van der Waals surface area (Å²) in [6.45, 7) is 12.0. The van der Waals surface area contributed by atoms with E-state index in [1.807, 2.05) is 6.92 Å². The Morgan fingerprint density at radius 2 is 2.18 bits per heavy atom. The van der Waals surface area contributed by atoms with Crippen molar-refractivity contribution in [2.45, 2.75) is 38.1 Å². The lowest BCUT2D eigenvalue weighted by molar-refractivity contribution is 0.0823. The molecule has 1 heterocycles. The minimum Gasteiger partial charge on any atom is -0.376 e.